The number of hydrogen-bond donors (Lipinski definition) is 1. The molecule has 0 aromatic heterocycles. The van der Waals surface area contributed by atoms with E-state index < -0.39 is 59.3 Å². The summed E-state index contributed by atoms with van der Waals surface area (Å²) >= 11 is 0. The van der Waals surface area contributed by atoms with Crippen molar-refractivity contribution < 1.29 is 33.8 Å². The van der Waals surface area contributed by atoms with Crippen molar-refractivity contribution in [3.8, 4) is 0 Å². The predicted octanol–water partition coefficient (Wildman–Crippen LogP) is 3.77. The van der Waals surface area contributed by atoms with Gasteiger partial charge in [0.25, 0.3) is 0 Å². The number of allylic oxidation sites excluding steroid dienone is 1. The molecule has 0 saturated heterocycles. The van der Waals surface area contributed by atoms with Crippen molar-refractivity contribution in [2.24, 2.45) is 28.6 Å². The summed E-state index contributed by atoms with van der Waals surface area (Å²) in [7, 11) is 0. The predicted molar refractivity (Wildman–Crippen MR) is 108 cm³/mol. The van der Waals surface area contributed by atoms with Gasteiger partial charge in [-0.15, -0.1) is 0 Å². The van der Waals surface area contributed by atoms with Crippen molar-refractivity contribution in [2.45, 2.75) is 84.1 Å². The molecule has 0 amide bonds. The van der Waals surface area contributed by atoms with Crippen molar-refractivity contribution in [1.29, 1.82) is 0 Å². The summed E-state index contributed by atoms with van der Waals surface area (Å²) in [6, 6.07) is -0.591. The Balaban J connectivity index is 1.84. The molecule has 6 atom stereocenters. The van der Waals surface area contributed by atoms with Gasteiger partial charge in [0.1, 0.15) is 6.56 Å². The summed E-state index contributed by atoms with van der Waals surface area (Å²) in [5.41, 5.74) is -4.03. The maximum Gasteiger partial charge on any atom is 0.306 e. The second kappa shape index (κ2) is 7.04. The van der Waals surface area contributed by atoms with Gasteiger partial charge in [0, 0.05) is 23.7 Å². The minimum Gasteiger partial charge on any atom is -0.450 e. The fourth-order valence-electron chi connectivity index (χ4n) is 6.74. The third-order valence-corrected chi connectivity index (χ3v) is 8.36. The van der Waals surface area contributed by atoms with Crippen LogP contribution in [0.5, 0.6) is 0 Å². The monoisotopic (exact) mass is 409 g/mol. The highest BCUT2D eigenvalue weighted by Gasteiger charge is 2.68. The molecule has 4 aliphatic rings. The van der Waals surface area contributed by atoms with E-state index in [4.69, 9.17) is 14.3 Å². The average Bonchev–Trinajstić information content (AvgIpc) is 3.02. The third kappa shape index (κ3) is 2.79. The van der Waals surface area contributed by atoms with Crippen LogP contribution in [-0.2, 0) is 19.1 Å². The molecule has 0 heterocycles. The van der Waals surface area contributed by atoms with Crippen LogP contribution in [-0.4, -0.2) is 34.8 Å². The van der Waals surface area contributed by atoms with Crippen LogP contribution in [0.25, 0.3) is 0 Å². The molecule has 3 unspecified atom stereocenters. The number of carbonyl (C=O) groups excluding carboxylic acids is 3. The zero-order valence-electron chi connectivity index (χ0n) is 24.3. The summed E-state index contributed by atoms with van der Waals surface area (Å²) in [6.07, 6.45) is -3.67. The van der Waals surface area contributed by atoms with E-state index in [-0.39, 0.29) is 49.0 Å². The summed E-state index contributed by atoms with van der Waals surface area (Å²) in [4.78, 5) is 38.4. The molecule has 5 heteroatoms. The first-order chi connectivity index (χ1) is 16.3. The van der Waals surface area contributed by atoms with Crippen molar-refractivity contribution >= 4 is 17.5 Å². The van der Waals surface area contributed by atoms with E-state index >= 15 is 0 Å². The van der Waals surface area contributed by atoms with Gasteiger partial charge in [-0.2, -0.15) is 0 Å². The van der Waals surface area contributed by atoms with Crippen LogP contribution in [0.4, 0.5) is 0 Å². The number of aliphatic hydroxyl groups is 1. The van der Waals surface area contributed by atoms with Gasteiger partial charge in [0.2, 0.25) is 5.78 Å². The van der Waals surface area contributed by atoms with Crippen molar-refractivity contribution in [3.63, 3.8) is 0 Å². The quantitative estimate of drug-likeness (QED) is 0.715. The lowest BCUT2D eigenvalue weighted by Gasteiger charge is -2.59. The topological polar surface area (TPSA) is 80.7 Å². The zero-order valence-corrected chi connectivity index (χ0v) is 17.3. The summed E-state index contributed by atoms with van der Waals surface area (Å²) in [5.74, 6) is -3.94. The summed E-state index contributed by atoms with van der Waals surface area (Å²) in [6.45, 7) is 1.80. The molecule has 0 bridgehead atoms. The Morgan fingerprint density at radius 3 is 2.66 bits per heavy atom. The molecule has 0 aliphatic heterocycles. The van der Waals surface area contributed by atoms with Crippen LogP contribution in [0.2, 0.25) is 0 Å². The lowest BCUT2D eigenvalue weighted by Crippen LogP contribution is -2.59. The van der Waals surface area contributed by atoms with Crippen LogP contribution in [0, 0.1) is 28.6 Å². The van der Waals surface area contributed by atoms with E-state index in [9.17, 15) is 19.5 Å². The third-order valence-electron chi connectivity index (χ3n) is 8.36. The Morgan fingerprint density at radius 1 is 1.24 bits per heavy atom. The van der Waals surface area contributed by atoms with Crippen molar-refractivity contribution in [2.75, 3.05) is 6.56 Å². The first-order valence-corrected chi connectivity index (χ1v) is 10.5. The number of ether oxygens (including phenoxy) is 1. The van der Waals surface area contributed by atoms with Gasteiger partial charge in [-0.25, -0.2) is 0 Å². The van der Waals surface area contributed by atoms with Crippen LogP contribution in [0.1, 0.15) is 88.1 Å². The highest BCUT2D eigenvalue weighted by molar-refractivity contribution is 5.92. The van der Waals surface area contributed by atoms with Gasteiger partial charge in [-0.1, -0.05) is 26.3 Å². The molecular weight excluding hydrogens is 368 g/mol. The Kier molecular flexibility index (Phi) is 3.33. The Bertz CT molecular complexity index is 1050. The molecule has 1 N–H and O–H groups in total. The molecule has 0 spiro atoms. The average molecular weight is 410 g/mol. The molecule has 0 aromatic rings. The van der Waals surface area contributed by atoms with E-state index in [1.807, 2.05) is 0 Å². The van der Waals surface area contributed by atoms with Gasteiger partial charge < -0.3 is 9.84 Å². The van der Waals surface area contributed by atoms with E-state index in [2.05, 4.69) is 0 Å². The highest BCUT2D eigenvalue weighted by atomic mass is 16.6. The largest absolute Gasteiger partial charge is 0.450 e. The van der Waals surface area contributed by atoms with Crippen LogP contribution in [0.3, 0.4) is 0 Å². The summed E-state index contributed by atoms with van der Waals surface area (Å²) < 4.78 is 63.8. The van der Waals surface area contributed by atoms with Crippen LogP contribution < -0.4 is 0 Å². The molecule has 0 aromatic carbocycles. The Hall–Kier alpha value is -1.49. The SMILES string of the molecule is [2H]C1=C2C([2H])([2H])CC3C(CC[C@@]4(C)C3CC[C@]4(OC(=O)CC)C(=O)C([2H])([2H])O)[C@@]2(C)CC([2H])([2H])C1=O. The number of fused-ring (bicyclic) bond motifs is 5. The molecule has 0 radical (unpaired) electrons. The van der Waals surface area contributed by atoms with E-state index in [1.165, 1.54) is 0 Å². The number of esters is 1. The van der Waals surface area contributed by atoms with Gasteiger partial charge in [0.15, 0.2) is 11.4 Å². The molecule has 3 saturated carbocycles. The second-order valence-corrected chi connectivity index (χ2v) is 9.45. The van der Waals surface area contributed by atoms with Crippen LogP contribution in [0.15, 0.2) is 11.6 Å². The van der Waals surface area contributed by atoms with Gasteiger partial charge in [0.05, 0.1) is 4.11 Å². The highest BCUT2D eigenvalue weighted by Crippen LogP contribution is 2.68. The molecule has 160 valence electrons. The standard InChI is InChI=1S/C24H34O5/c1-4-21(28)29-24(20(27)14-25)12-9-19-17-6-5-15-13-16(26)7-10-22(15,2)18(17)8-11-23(19,24)3/h13,17-19,25H,4-12,14H2,1-3H3/t17?,18?,19?,22-,23-,24-/m0/s1/i5D2,7D2,13D,14D2. The van der Waals surface area contributed by atoms with E-state index in [0.717, 1.165) is 0 Å². The summed E-state index contributed by atoms with van der Waals surface area (Å²) in [5, 5.41) is 10.1. The molecule has 5 nitrogen and oxygen atoms in total. The van der Waals surface area contributed by atoms with E-state index in [0.29, 0.717) is 19.3 Å². The first kappa shape index (κ1) is 13.7. The maximum absolute atomic E-state index is 13.3. The van der Waals surface area contributed by atoms with Crippen LogP contribution >= 0.6 is 0 Å². The Morgan fingerprint density at radius 2 is 1.97 bits per heavy atom. The molecule has 4 aliphatic carbocycles. The molecular formula is C24H34O5. The lowest BCUT2D eigenvalue weighted by atomic mass is 9.46. The van der Waals surface area contributed by atoms with Gasteiger partial charge in [-0.3, -0.25) is 14.4 Å². The number of carbonyl (C=O) groups is 3. The van der Waals surface area contributed by atoms with E-state index in [1.54, 1.807) is 20.8 Å². The normalized spacial score (nSPS) is 51.5. The molecule has 29 heavy (non-hydrogen) atoms. The first-order valence-electron chi connectivity index (χ1n) is 14.0. The Labute approximate surface area is 183 Å². The minimum absolute atomic E-state index is 0.00650. The smallest absolute Gasteiger partial charge is 0.306 e. The number of hydrogen-bond acceptors (Lipinski definition) is 5. The zero-order chi connectivity index (χ0) is 27.3. The number of Topliss-reactive ketones (excluding diaryl/α,β-unsaturated/α-hetero) is 1. The fraction of sp³-hybridized carbons (Fsp3) is 0.792. The molecule has 4 rings (SSSR count). The van der Waals surface area contributed by atoms with Crippen molar-refractivity contribution in [1.82, 2.24) is 0 Å². The lowest BCUT2D eigenvalue weighted by molar-refractivity contribution is -0.191. The number of ketones is 2. The van der Waals surface area contributed by atoms with Gasteiger partial charge >= 0.3 is 5.97 Å². The maximum atomic E-state index is 13.3. The minimum atomic E-state index is -3.23. The van der Waals surface area contributed by atoms with Gasteiger partial charge in [-0.05, 0) is 74.1 Å². The van der Waals surface area contributed by atoms with Crippen molar-refractivity contribution in [3.05, 3.63) is 11.6 Å². The second-order valence-electron chi connectivity index (χ2n) is 9.45. The number of rotatable bonds is 4. The molecule has 3 fully saturated rings. The fourth-order valence-corrected chi connectivity index (χ4v) is 6.74.